The van der Waals surface area contributed by atoms with Crippen molar-refractivity contribution in [1.29, 1.82) is 0 Å². The summed E-state index contributed by atoms with van der Waals surface area (Å²) in [6.45, 7) is 9.04. The van der Waals surface area contributed by atoms with Crippen LogP contribution in [-0.4, -0.2) is 18.2 Å². The lowest BCUT2D eigenvalue weighted by molar-refractivity contribution is 0.0503. The van der Waals surface area contributed by atoms with Gasteiger partial charge >= 0.3 is 6.09 Å². The quantitative estimate of drug-likeness (QED) is 0.822. The molecule has 1 atom stereocenters. The Morgan fingerprint density at radius 3 is 2.44 bits per heavy atom. The van der Waals surface area contributed by atoms with E-state index in [1.807, 2.05) is 51.1 Å². The zero-order valence-corrected chi connectivity index (χ0v) is 15.5. The van der Waals surface area contributed by atoms with E-state index in [9.17, 15) is 4.79 Å². The van der Waals surface area contributed by atoms with Crippen LogP contribution in [0.4, 0.5) is 4.79 Å². The van der Waals surface area contributed by atoms with Crippen molar-refractivity contribution in [3.63, 3.8) is 0 Å². The molecule has 0 spiro atoms. The fraction of sp³-hybridized carbons (Fsp3) is 0.381. The number of hydrogen-bond donors (Lipinski definition) is 2. The van der Waals surface area contributed by atoms with E-state index in [0.717, 1.165) is 12.1 Å². The Morgan fingerprint density at radius 1 is 1.08 bits per heavy atom. The van der Waals surface area contributed by atoms with E-state index in [-0.39, 0.29) is 6.04 Å². The van der Waals surface area contributed by atoms with Crippen molar-refractivity contribution >= 4 is 6.09 Å². The second-order valence-corrected chi connectivity index (χ2v) is 7.23. The van der Waals surface area contributed by atoms with Crippen LogP contribution in [0.1, 0.15) is 43.5 Å². The van der Waals surface area contributed by atoms with Gasteiger partial charge in [-0.15, -0.1) is 0 Å². The molecule has 4 nitrogen and oxygen atoms in total. The third-order valence-electron chi connectivity index (χ3n) is 3.65. The zero-order chi connectivity index (χ0) is 18.3. The van der Waals surface area contributed by atoms with Crippen LogP contribution in [0, 0.1) is 6.92 Å². The number of ether oxygens (including phenoxy) is 1. The molecule has 2 N–H and O–H groups in total. The normalized spacial score (nSPS) is 12.5. The summed E-state index contributed by atoms with van der Waals surface area (Å²) in [5, 5.41) is 6.39. The number of alkyl carbamates (subject to hydrolysis) is 1. The van der Waals surface area contributed by atoms with Gasteiger partial charge in [0.25, 0.3) is 0 Å². The van der Waals surface area contributed by atoms with Crippen molar-refractivity contribution in [3.05, 3.63) is 71.3 Å². The van der Waals surface area contributed by atoms with Gasteiger partial charge in [0, 0.05) is 13.1 Å². The average Bonchev–Trinajstić information content (AvgIpc) is 2.53. The molecular weight excluding hydrogens is 312 g/mol. The van der Waals surface area contributed by atoms with Crippen LogP contribution in [0.3, 0.4) is 0 Å². The number of nitrogens with one attached hydrogen (secondary N) is 2. The molecular formula is C21H28N2O2. The highest BCUT2D eigenvalue weighted by Crippen LogP contribution is 2.14. The first kappa shape index (κ1) is 19.0. The van der Waals surface area contributed by atoms with Gasteiger partial charge in [0.2, 0.25) is 0 Å². The smallest absolute Gasteiger partial charge is 0.408 e. The lowest BCUT2D eigenvalue weighted by Crippen LogP contribution is -2.39. The molecule has 25 heavy (non-hydrogen) atoms. The monoisotopic (exact) mass is 340 g/mol. The highest BCUT2D eigenvalue weighted by Gasteiger charge is 2.20. The second kappa shape index (κ2) is 8.67. The number of aryl methyl sites for hydroxylation is 1. The van der Waals surface area contributed by atoms with E-state index in [1.165, 1.54) is 11.1 Å². The largest absolute Gasteiger partial charge is 0.444 e. The van der Waals surface area contributed by atoms with E-state index in [0.29, 0.717) is 6.54 Å². The molecule has 4 heteroatoms. The molecule has 2 rings (SSSR count). The summed E-state index contributed by atoms with van der Waals surface area (Å²) in [4.78, 5) is 12.2. The molecule has 0 saturated carbocycles. The average molecular weight is 340 g/mol. The Labute approximate surface area is 150 Å². The molecule has 0 radical (unpaired) electrons. The highest BCUT2D eigenvalue weighted by molar-refractivity contribution is 5.68. The predicted octanol–water partition coefficient (Wildman–Crippen LogP) is 4.35. The lowest BCUT2D eigenvalue weighted by atomic mass is 10.1. The van der Waals surface area contributed by atoms with Gasteiger partial charge in [-0.25, -0.2) is 4.79 Å². The van der Waals surface area contributed by atoms with E-state index in [4.69, 9.17) is 4.74 Å². The van der Waals surface area contributed by atoms with Gasteiger partial charge in [-0.1, -0.05) is 60.2 Å². The van der Waals surface area contributed by atoms with Gasteiger partial charge in [0.05, 0.1) is 6.04 Å². The Bertz CT molecular complexity index is 678. The van der Waals surface area contributed by atoms with Gasteiger partial charge in [0.15, 0.2) is 0 Å². The third kappa shape index (κ3) is 6.98. The van der Waals surface area contributed by atoms with Crippen LogP contribution < -0.4 is 10.6 Å². The summed E-state index contributed by atoms with van der Waals surface area (Å²) < 4.78 is 5.39. The molecule has 0 aliphatic rings. The number of benzene rings is 2. The summed E-state index contributed by atoms with van der Waals surface area (Å²) in [6.07, 6.45) is -0.404. The maximum absolute atomic E-state index is 12.2. The van der Waals surface area contributed by atoms with Crippen LogP contribution in [0.15, 0.2) is 54.6 Å². The molecule has 0 bridgehead atoms. The van der Waals surface area contributed by atoms with Gasteiger partial charge in [-0.3, -0.25) is 0 Å². The lowest BCUT2D eigenvalue weighted by Gasteiger charge is -2.24. The van der Waals surface area contributed by atoms with Gasteiger partial charge in [-0.2, -0.15) is 0 Å². The summed E-state index contributed by atoms with van der Waals surface area (Å²) in [6, 6.07) is 18.2. The van der Waals surface area contributed by atoms with Crippen LogP contribution in [0.2, 0.25) is 0 Å². The number of hydrogen-bond acceptors (Lipinski definition) is 3. The van der Waals surface area contributed by atoms with Gasteiger partial charge < -0.3 is 15.4 Å². The van der Waals surface area contributed by atoms with E-state index in [1.54, 1.807) is 0 Å². The molecule has 0 aliphatic heterocycles. The number of carbonyl (C=O) groups excluding carboxylic acids is 1. The first-order valence-electron chi connectivity index (χ1n) is 8.64. The summed E-state index contributed by atoms with van der Waals surface area (Å²) in [7, 11) is 0. The summed E-state index contributed by atoms with van der Waals surface area (Å²) in [5.74, 6) is 0. The highest BCUT2D eigenvalue weighted by atomic mass is 16.6. The van der Waals surface area contributed by atoms with Gasteiger partial charge in [-0.05, 0) is 38.8 Å². The molecule has 2 aromatic carbocycles. The van der Waals surface area contributed by atoms with Crippen molar-refractivity contribution in [3.8, 4) is 0 Å². The number of carbonyl (C=O) groups is 1. The maximum atomic E-state index is 12.2. The van der Waals surface area contributed by atoms with Crippen molar-refractivity contribution < 1.29 is 9.53 Å². The zero-order valence-electron chi connectivity index (χ0n) is 15.5. The van der Waals surface area contributed by atoms with Crippen molar-refractivity contribution in [2.24, 2.45) is 0 Å². The van der Waals surface area contributed by atoms with Crippen molar-refractivity contribution in [2.75, 3.05) is 6.54 Å². The fourth-order valence-electron chi connectivity index (χ4n) is 2.57. The molecule has 1 unspecified atom stereocenters. The molecule has 0 fully saturated rings. The predicted molar refractivity (Wildman–Crippen MR) is 101 cm³/mol. The minimum atomic E-state index is -0.514. The minimum Gasteiger partial charge on any atom is -0.444 e. The Balaban J connectivity index is 1.98. The fourth-order valence-corrected chi connectivity index (χ4v) is 2.57. The van der Waals surface area contributed by atoms with Crippen LogP contribution in [0.25, 0.3) is 0 Å². The number of rotatable bonds is 6. The van der Waals surface area contributed by atoms with E-state index in [2.05, 4.69) is 41.8 Å². The first-order valence-corrected chi connectivity index (χ1v) is 8.64. The second-order valence-electron chi connectivity index (χ2n) is 7.23. The summed E-state index contributed by atoms with van der Waals surface area (Å²) in [5.41, 5.74) is 3.00. The Kier molecular flexibility index (Phi) is 6.59. The topological polar surface area (TPSA) is 50.4 Å². The Morgan fingerprint density at radius 2 is 1.80 bits per heavy atom. The minimum absolute atomic E-state index is 0.152. The van der Waals surface area contributed by atoms with Crippen LogP contribution in [-0.2, 0) is 11.3 Å². The first-order chi connectivity index (χ1) is 11.8. The van der Waals surface area contributed by atoms with Crippen molar-refractivity contribution in [1.82, 2.24) is 10.6 Å². The SMILES string of the molecule is Cc1cccc(CNCC(NC(=O)OC(C)(C)C)c2ccccc2)c1. The molecule has 0 aliphatic carbocycles. The van der Waals surface area contributed by atoms with Crippen LogP contribution in [0.5, 0.6) is 0 Å². The standard InChI is InChI=1S/C21H28N2O2/c1-16-9-8-10-17(13-16)14-22-15-19(18-11-6-5-7-12-18)23-20(24)25-21(2,3)4/h5-13,19,22H,14-15H2,1-4H3,(H,23,24). The number of amides is 1. The van der Waals surface area contributed by atoms with E-state index >= 15 is 0 Å². The maximum Gasteiger partial charge on any atom is 0.408 e. The Hall–Kier alpha value is -2.33. The van der Waals surface area contributed by atoms with Gasteiger partial charge in [0.1, 0.15) is 5.60 Å². The van der Waals surface area contributed by atoms with E-state index < -0.39 is 11.7 Å². The molecule has 0 aromatic heterocycles. The molecule has 134 valence electrons. The third-order valence-corrected chi connectivity index (χ3v) is 3.65. The van der Waals surface area contributed by atoms with Crippen molar-refractivity contribution in [2.45, 2.75) is 45.9 Å². The molecule has 0 heterocycles. The molecule has 2 aromatic rings. The summed E-state index contributed by atoms with van der Waals surface area (Å²) >= 11 is 0. The molecule has 0 saturated heterocycles. The van der Waals surface area contributed by atoms with Crippen LogP contribution >= 0.6 is 0 Å². The molecule has 1 amide bonds.